The lowest BCUT2D eigenvalue weighted by atomic mass is 10.0. The van der Waals surface area contributed by atoms with Crippen molar-refractivity contribution >= 4 is 29.3 Å². The maximum absolute atomic E-state index is 12.4. The van der Waals surface area contributed by atoms with E-state index in [9.17, 15) is 4.79 Å². The minimum Gasteiger partial charge on any atom is -0.349 e. The Balaban J connectivity index is 1.61. The second kappa shape index (κ2) is 8.59. The fourth-order valence-electron chi connectivity index (χ4n) is 2.66. The second-order valence-corrected chi connectivity index (χ2v) is 7.76. The van der Waals surface area contributed by atoms with Gasteiger partial charge in [-0.25, -0.2) is 0 Å². The number of thioether (sulfide) groups is 1. The van der Waals surface area contributed by atoms with Gasteiger partial charge in [0.05, 0.1) is 17.5 Å². The zero-order valence-electron chi connectivity index (χ0n) is 15.4. The summed E-state index contributed by atoms with van der Waals surface area (Å²) in [6, 6.07) is 13.6. The zero-order chi connectivity index (χ0) is 19.4. The number of hydrogen-bond acceptors (Lipinski definition) is 4. The van der Waals surface area contributed by atoms with E-state index in [1.54, 1.807) is 6.33 Å². The van der Waals surface area contributed by atoms with Gasteiger partial charge in [-0.05, 0) is 55.7 Å². The number of amides is 1. The van der Waals surface area contributed by atoms with Crippen molar-refractivity contribution in [2.75, 3.05) is 5.75 Å². The van der Waals surface area contributed by atoms with Crippen molar-refractivity contribution in [2.24, 2.45) is 0 Å². The van der Waals surface area contributed by atoms with Crippen molar-refractivity contribution in [3.63, 3.8) is 0 Å². The smallest absolute Gasteiger partial charge is 0.230 e. The molecule has 1 amide bonds. The van der Waals surface area contributed by atoms with Crippen molar-refractivity contribution in [1.82, 2.24) is 20.1 Å². The lowest BCUT2D eigenvalue weighted by molar-refractivity contribution is -0.119. The Morgan fingerprint density at radius 1 is 1.22 bits per heavy atom. The van der Waals surface area contributed by atoms with Gasteiger partial charge >= 0.3 is 0 Å². The normalized spacial score (nSPS) is 12.0. The average molecular weight is 401 g/mol. The van der Waals surface area contributed by atoms with Crippen LogP contribution in [0.2, 0.25) is 5.02 Å². The number of aromatic nitrogens is 3. The fourth-order valence-corrected chi connectivity index (χ4v) is 3.58. The van der Waals surface area contributed by atoms with Gasteiger partial charge < -0.3 is 5.32 Å². The number of carbonyl (C=O) groups is 1. The molecule has 1 aromatic heterocycles. The molecule has 0 aliphatic heterocycles. The maximum Gasteiger partial charge on any atom is 0.230 e. The van der Waals surface area contributed by atoms with Crippen molar-refractivity contribution in [3.8, 4) is 5.69 Å². The number of aryl methyl sites for hydroxylation is 2. The summed E-state index contributed by atoms with van der Waals surface area (Å²) in [6.45, 7) is 6.14. The standard InChI is InChI=1S/C20H21ClN4OS/c1-13-7-8-16(9-14(13)2)15(3)23-19(26)11-27-20-24-22-12-25(20)18-6-4-5-17(21)10-18/h4-10,12,15H,11H2,1-3H3,(H,23,26)/t15-/m0/s1. The van der Waals surface area contributed by atoms with E-state index in [2.05, 4.69) is 47.6 Å². The number of nitrogens with zero attached hydrogens (tertiary/aromatic N) is 3. The molecule has 0 saturated carbocycles. The zero-order valence-corrected chi connectivity index (χ0v) is 17.0. The minimum atomic E-state index is -0.0526. The van der Waals surface area contributed by atoms with Crippen LogP contribution in [-0.4, -0.2) is 26.4 Å². The van der Waals surface area contributed by atoms with E-state index in [1.165, 1.54) is 22.9 Å². The molecular formula is C20H21ClN4OS. The molecule has 0 unspecified atom stereocenters. The number of halogens is 1. The maximum atomic E-state index is 12.4. The molecule has 0 aliphatic rings. The Hall–Kier alpha value is -2.31. The number of rotatable bonds is 6. The molecule has 0 saturated heterocycles. The van der Waals surface area contributed by atoms with Crippen LogP contribution in [0.25, 0.3) is 5.69 Å². The van der Waals surface area contributed by atoms with Crippen LogP contribution in [-0.2, 0) is 4.79 Å². The molecule has 0 aliphatic carbocycles. The molecule has 0 fully saturated rings. The Labute approximate surface area is 168 Å². The predicted molar refractivity (Wildman–Crippen MR) is 110 cm³/mol. The van der Waals surface area contributed by atoms with Gasteiger partial charge in [0.1, 0.15) is 6.33 Å². The van der Waals surface area contributed by atoms with Gasteiger partial charge in [0, 0.05) is 5.02 Å². The first-order valence-corrected chi connectivity index (χ1v) is 9.95. The monoisotopic (exact) mass is 400 g/mol. The van der Waals surface area contributed by atoms with E-state index in [1.807, 2.05) is 35.8 Å². The Kier molecular flexibility index (Phi) is 6.19. The summed E-state index contributed by atoms with van der Waals surface area (Å²) in [5.74, 6) is 0.209. The third kappa shape index (κ3) is 4.90. The van der Waals surface area contributed by atoms with Gasteiger partial charge in [-0.15, -0.1) is 10.2 Å². The van der Waals surface area contributed by atoms with Gasteiger partial charge in [0.15, 0.2) is 5.16 Å². The molecular weight excluding hydrogens is 380 g/mol. The molecule has 27 heavy (non-hydrogen) atoms. The van der Waals surface area contributed by atoms with E-state index in [0.29, 0.717) is 10.2 Å². The fraction of sp³-hybridized carbons (Fsp3) is 0.250. The van der Waals surface area contributed by atoms with Crippen LogP contribution in [0.4, 0.5) is 0 Å². The third-order valence-corrected chi connectivity index (χ3v) is 5.52. The van der Waals surface area contributed by atoms with Crippen LogP contribution in [0.1, 0.15) is 29.7 Å². The van der Waals surface area contributed by atoms with Crippen LogP contribution in [0.3, 0.4) is 0 Å². The first-order chi connectivity index (χ1) is 12.9. The van der Waals surface area contributed by atoms with Crippen LogP contribution in [0.15, 0.2) is 53.9 Å². The lowest BCUT2D eigenvalue weighted by Crippen LogP contribution is -2.28. The van der Waals surface area contributed by atoms with Gasteiger partial charge in [-0.3, -0.25) is 9.36 Å². The van der Waals surface area contributed by atoms with E-state index in [0.717, 1.165) is 11.3 Å². The number of nitrogens with one attached hydrogen (secondary N) is 1. The highest BCUT2D eigenvalue weighted by Crippen LogP contribution is 2.22. The van der Waals surface area contributed by atoms with E-state index >= 15 is 0 Å². The van der Waals surface area contributed by atoms with Crippen LogP contribution in [0.5, 0.6) is 0 Å². The van der Waals surface area contributed by atoms with E-state index in [-0.39, 0.29) is 17.7 Å². The molecule has 0 radical (unpaired) electrons. The van der Waals surface area contributed by atoms with Gasteiger partial charge in [-0.1, -0.05) is 47.6 Å². The van der Waals surface area contributed by atoms with Crippen molar-refractivity contribution in [1.29, 1.82) is 0 Å². The SMILES string of the molecule is Cc1ccc([C@H](C)NC(=O)CSc2nncn2-c2cccc(Cl)c2)cc1C. The van der Waals surface area contributed by atoms with E-state index < -0.39 is 0 Å². The van der Waals surface area contributed by atoms with Gasteiger partial charge in [-0.2, -0.15) is 0 Å². The molecule has 1 N–H and O–H groups in total. The number of benzene rings is 2. The summed E-state index contributed by atoms with van der Waals surface area (Å²) < 4.78 is 1.82. The molecule has 1 atom stereocenters. The highest BCUT2D eigenvalue weighted by molar-refractivity contribution is 7.99. The molecule has 3 rings (SSSR count). The van der Waals surface area contributed by atoms with Crippen LogP contribution in [0, 0.1) is 13.8 Å². The Morgan fingerprint density at radius 2 is 2.04 bits per heavy atom. The Morgan fingerprint density at radius 3 is 2.78 bits per heavy atom. The Bertz CT molecular complexity index is 957. The quantitative estimate of drug-likeness (QED) is 0.618. The molecule has 0 spiro atoms. The third-order valence-electron chi connectivity index (χ3n) is 4.34. The summed E-state index contributed by atoms with van der Waals surface area (Å²) in [7, 11) is 0. The molecule has 0 bridgehead atoms. The van der Waals surface area contributed by atoms with Gasteiger partial charge in [0.25, 0.3) is 0 Å². The van der Waals surface area contributed by atoms with Crippen molar-refractivity contribution in [2.45, 2.75) is 32.0 Å². The molecule has 1 heterocycles. The lowest BCUT2D eigenvalue weighted by Gasteiger charge is -2.15. The highest BCUT2D eigenvalue weighted by atomic mass is 35.5. The number of carbonyl (C=O) groups excluding carboxylic acids is 1. The summed E-state index contributed by atoms with van der Waals surface area (Å²) in [6.07, 6.45) is 1.61. The summed E-state index contributed by atoms with van der Waals surface area (Å²) in [5.41, 5.74) is 4.42. The molecule has 3 aromatic rings. The summed E-state index contributed by atoms with van der Waals surface area (Å²) >= 11 is 7.39. The summed E-state index contributed by atoms with van der Waals surface area (Å²) in [4.78, 5) is 12.4. The van der Waals surface area contributed by atoms with Gasteiger partial charge in [0.2, 0.25) is 5.91 Å². The summed E-state index contributed by atoms with van der Waals surface area (Å²) in [5, 5.41) is 12.4. The first-order valence-electron chi connectivity index (χ1n) is 8.59. The first kappa shape index (κ1) is 19.5. The largest absolute Gasteiger partial charge is 0.349 e. The van der Waals surface area contributed by atoms with Crippen LogP contribution < -0.4 is 5.32 Å². The average Bonchev–Trinajstić information content (AvgIpc) is 3.11. The van der Waals surface area contributed by atoms with Crippen molar-refractivity contribution < 1.29 is 4.79 Å². The topological polar surface area (TPSA) is 59.8 Å². The molecule has 7 heteroatoms. The molecule has 140 valence electrons. The van der Waals surface area contributed by atoms with Crippen LogP contribution >= 0.6 is 23.4 Å². The van der Waals surface area contributed by atoms with E-state index in [4.69, 9.17) is 11.6 Å². The van der Waals surface area contributed by atoms with Crippen molar-refractivity contribution in [3.05, 3.63) is 70.5 Å². The molecule has 5 nitrogen and oxygen atoms in total. The second-order valence-electron chi connectivity index (χ2n) is 6.38. The minimum absolute atomic E-state index is 0.0497. The number of hydrogen-bond donors (Lipinski definition) is 1. The highest BCUT2D eigenvalue weighted by Gasteiger charge is 2.13. The predicted octanol–water partition coefficient (Wildman–Crippen LogP) is 4.51. The molecule has 2 aromatic carbocycles.